The van der Waals surface area contributed by atoms with E-state index >= 15 is 0 Å². The fourth-order valence-electron chi connectivity index (χ4n) is 4.53. The monoisotopic (exact) mass is 361 g/mol. The van der Waals surface area contributed by atoms with Crippen LogP contribution in [0.2, 0.25) is 0 Å². The van der Waals surface area contributed by atoms with Crippen LogP contribution in [0.4, 0.5) is 0 Å². The minimum Gasteiger partial charge on any atom is -0.494 e. The van der Waals surface area contributed by atoms with E-state index in [-0.39, 0.29) is 11.8 Å². The van der Waals surface area contributed by atoms with Crippen molar-refractivity contribution >= 4 is 11.6 Å². The Morgan fingerprint density at radius 2 is 2.11 bits per heavy atom. The first-order chi connectivity index (χ1) is 13.2. The van der Waals surface area contributed by atoms with Gasteiger partial charge in [0.2, 0.25) is 5.91 Å². The Kier molecular flexibility index (Phi) is 3.88. The number of ether oxygens (including phenoxy) is 1. The van der Waals surface area contributed by atoms with Crippen molar-refractivity contribution in [1.29, 1.82) is 0 Å². The molecule has 0 bridgehead atoms. The van der Waals surface area contributed by atoms with E-state index in [4.69, 9.17) is 9.72 Å². The van der Waals surface area contributed by atoms with Crippen LogP contribution in [-0.4, -0.2) is 21.9 Å². The third-order valence-electron chi connectivity index (χ3n) is 5.72. The topological polar surface area (TPSA) is 55.6 Å². The molecule has 0 fully saturated rings. The number of carbonyl (C=O) groups excluding carboxylic acids is 1. The number of rotatable bonds is 3. The highest BCUT2D eigenvalue weighted by Gasteiger charge is 2.31. The molecule has 1 aliphatic heterocycles. The number of aromatic nitrogens is 2. The molecule has 5 rings (SSSR count). The van der Waals surface area contributed by atoms with Crippen molar-refractivity contribution in [2.45, 2.75) is 45.1 Å². The van der Waals surface area contributed by atoms with Crippen LogP contribution < -0.4 is 10.1 Å². The maximum atomic E-state index is 12.5. The predicted octanol–water partition coefficient (Wildman–Crippen LogP) is 3.37. The van der Waals surface area contributed by atoms with E-state index in [1.54, 1.807) is 0 Å². The first kappa shape index (κ1) is 16.4. The molecule has 138 valence electrons. The molecule has 2 aromatic heterocycles. The van der Waals surface area contributed by atoms with Crippen molar-refractivity contribution in [1.82, 2.24) is 14.7 Å². The van der Waals surface area contributed by atoms with Crippen LogP contribution in [0.1, 0.15) is 53.8 Å². The second-order valence-electron chi connectivity index (χ2n) is 7.35. The van der Waals surface area contributed by atoms with Gasteiger partial charge in [0.15, 0.2) is 0 Å². The lowest BCUT2D eigenvalue weighted by Crippen LogP contribution is -2.21. The summed E-state index contributed by atoms with van der Waals surface area (Å²) in [4.78, 5) is 17.3. The molecular weight excluding hydrogens is 338 g/mol. The van der Waals surface area contributed by atoms with Crippen LogP contribution >= 0.6 is 0 Å². The highest BCUT2D eigenvalue weighted by atomic mass is 16.5. The molecule has 2 aliphatic rings. The number of nitrogens with one attached hydrogen (secondary N) is 1. The fraction of sp³-hybridized carbons (Fsp3) is 0.364. The molecular formula is C22H23N3O2. The van der Waals surface area contributed by atoms with Crippen LogP contribution in [0, 0.1) is 0 Å². The minimum absolute atomic E-state index is 0.0608. The Balaban J connectivity index is 1.74. The number of nitrogens with zero attached hydrogens (tertiary/aromatic N) is 2. The maximum Gasteiger partial charge on any atom is 0.221 e. The van der Waals surface area contributed by atoms with Gasteiger partial charge in [-0.05, 0) is 55.5 Å². The molecule has 0 saturated heterocycles. The fourth-order valence-corrected chi connectivity index (χ4v) is 4.53. The Morgan fingerprint density at radius 1 is 1.26 bits per heavy atom. The van der Waals surface area contributed by atoms with Gasteiger partial charge in [-0.25, -0.2) is 4.98 Å². The third-order valence-corrected chi connectivity index (χ3v) is 5.72. The van der Waals surface area contributed by atoms with Gasteiger partial charge in [-0.2, -0.15) is 0 Å². The summed E-state index contributed by atoms with van der Waals surface area (Å²) in [6.07, 6.45) is 5.86. The number of hydrogen-bond donors (Lipinski definition) is 1. The number of hydrogen-bond acceptors (Lipinski definition) is 3. The highest BCUT2D eigenvalue weighted by Crippen LogP contribution is 2.40. The Morgan fingerprint density at radius 3 is 2.96 bits per heavy atom. The number of pyridine rings is 1. The normalized spacial score (nSPS) is 18.7. The molecule has 0 radical (unpaired) electrons. The summed E-state index contributed by atoms with van der Waals surface area (Å²) in [5.74, 6) is 0.910. The summed E-state index contributed by atoms with van der Waals surface area (Å²) in [6, 6.07) is 10.5. The molecule has 1 aromatic carbocycles. The van der Waals surface area contributed by atoms with E-state index in [1.807, 2.05) is 31.3 Å². The molecule has 3 aromatic rings. The smallest absolute Gasteiger partial charge is 0.221 e. The number of aryl methyl sites for hydroxylation is 2. The van der Waals surface area contributed by atoms with Crippen LogP contribution in [0.3, 0.4) is 0 Å². The number of benzene rings is 1. The molecule has 0 saturated carbocycles. The lowest BCUT2D eigenvalue weighted by Gasteiger charge is -2.21. The first-order valence-electron chi connectivity index (χ1n) is 9.75. The highest BCUT2D eigenvalue weighted by molar-refractivity contribution is 5.79. The summed E-state index contributed by atoms with van der Waals surface area (Å²) < 4.78 is 8.16. The molecule has 1 aliphatic carbocycles. The summed E-state index contributed by atoms with van der Waals surface area (Å²) >= 11 is 0. The van der Waals surface area contributed by atoms with Gasteiger partial charge in [0.05, 0.1) is 24.5 Å². The van der Waals surface area contributed by atoms with Gasteiger partial charge in [0.25, 0.3) is 0 Å². The average Bonchev–Trinajstić information content (AvgIpc) is 3.24. The van der Waals surface area contributed by atoms with Crippen molar-refractivity contribution in [2.75, 3.05) is 6.61 Å². The Hall–Kier alpha value is -2.82. The second-order valence-corrected chi connectivity index (χ2v) is 7.35. The number of fused-ring (bicyclic) bond motifs is 4. The van der Waals surface area contributed by atoms with Gasteiger partial charge in [-0.15, -0.1) is 0 Å². The molecule has 27 heavy (non-hydrogen) atoms. The van der Waals surface area contributed by atoms with Gasteiger partial charge in [0.1, 0.15) is 11.4 Å². The minimum atomic E-state index is -0.0626. The van der Waals surface area contributed by atoms with E-state index < -0.39 is 0 Å². The summed E-state index contributed by atoms with van der Waals surface area (Å²) in [5, 5.41) is 3.01. The van der Waals surface area contributed by atoms with Gasteiger partial charge in [-0.3, -0.25) is 4.79 Å². The SMILES string of the molecule is CCOc1cc2c(cc1[C@H]1CC(=O)NCc3nc4ccccn4c31)CCC2. The van der Waals surface area contributed by atoms with Gasteiger partial charge >= 0.3 is 0 Å². The summed E-state index contributed by atoms with van der Waals surface area (Å²) in [6.45, 7) is 3.10. The van der Waals surface area contributed by atoms with Crippen molar-refractivity contribution in [3.8, 4) is 5.75 Å². The van der Waals surface area contributed by atoms with Gasteiger partial charge < -0.3 is 14.5 Å². The molecule has 1 amide bonds. The van der Waals surface area contributed by atoms with Crippen LogP contribution in [-0.2, 0) is 24.2 Å². The number of carbonyl (C=O) groups is 1. The first-order valence-corrected chi connectivity index (χ1v) is 9.75. The van der Waals surface area contributed by atoms with E-state index in [0.29, 0.717) is 19.6 Å². The predicted molar refractivity (Wildman–Crippen MR) is 103 cm³/mol. The maximum absolute atomic E-state index is 12.5. The van der Waals surface area contributed by atoms with Crippen molar-refractivity contribution in [3.63, 3.8) is 0 Å². The molecule has 1 N–H and O–H groups in total. The Labute approximate surface area is 158 Å². The largest absolute Gasteiger partial charge is 0.494 e. The van der Waals surface area contributed by atoms with Gasteiger partial charge in [-0.1, -0.05) is 12.1 Å². The van der Waals surface area contributed by atoms with Crippen LogP contribution in [0.5, 0.6) is 5.75 Å². The number of amides is 1. The van der Waals surface area contributed by atoms with Crippen LogP contribution in [0.25, 0.3) is 5.65 Å². The lowest BCUT2D eigenvalue weighted by molar-refractivity contribution is -0.121. The van der Waals surface area contributed by atoms with E-state index in [2.05, 4.69) is 21.9 Å². The second kappa shape index (κ2) is 6.41. The zero-order chi connectivity index (χ0) is 18.4. The van der Waals surface area contributed by atoms with Crippen LogP contribution in [0.15, 0.2) is 36.5 Å². The molecule has 0 spiro atoms. The lowest BCUT2D eigenvalue weighted by atomic mass is 9.88. The Bertz CT molecular complexity index is 1040. The van der Waals surface area contributed by atoms with Crippen molar-refractivity contribution in [2.24, 2.45) is 0 Å². The summed E-state index contributed by atoms with van der Waals surface area (Å²) in [7, 11) is 0. The van der Waals surface area contributed by atoms with E-state index in [9.17, 15) is 4.79 Å². The van der Waals surface area contributed by atoms with Crippen molar-refractivity contribution in [3.05, 3.63) is 64.6 Å². The molecule has 3 heterocycles. The zero-order valence-electron chi connectivity index (χ0n) is 15.5. The molecule has 5 nitrogen and oxygen atoms in total. The van der Waals surface area contributed by atoms with Gasteiger partial charge in [0, 0.05) is 24.1 Å². The molecule has 5 heteroatoms. The van der Waals surface area contributed by atoms with E-state index in [0.717, 1.165) is 41.2 Å². The third kappa shape index (κ3) is 2.69. The number of imidazole rings is 1. The average molecular weight is 361 g/mol. The summed E-state index contributed by atoms with van der Waals surface area (Å²) in [5.41, 5.74) is 6.86. The van der Waals surface area contributed by atoms with Crippen molar-refractivity contribution < 1.29 is 9.53 Å². The standard InChI is InChI=1S/C22H23N3O2/c1-2-27-19-11-15-7-5-6-14(15)10-16(19)17-12-21(26)23-13-18-22(17)25-9-4-3-8-20(25)24-18/h3-4,8-11,17H,2,5-7,12-13H2,1H3,(H,23,26)/t17-/m1/s1. The quantitative estimate of drug-likeness (QED) is 0.778. The molecule has 1 atom stereocenters. The van der Waals surface area contributed by atoms with E-state index in [1.165, 1.54) is 17.5 Å². The zero-order valence-corrected chi connectivity index (χ0v) is 15.5. The molecule has 0 unspecified atom stereocenters.